The van der Waals surface area contributed by atoms with E-state index in [0.29, 0.717) is 21.9 Å². The van der Waals surface area contributed by atoms with Crippen LogP contribution in [0.3, 0.4) is 0 Å². The van der Waals surface area contributed by atoms with Gasteiger partial charge in [-0.1, -0.05) is 41.9 Å². The standard InChI is InChI=1S/C23H23ClN2O5S/c1-23(2,28)16-7-10-18(11-8-16)31-20-12-9-17(14-21(20)32(25,29)30)26-22(27)13-15-5-3-4-6-19(15)24/h3-12,14,28H,13H2,1-2H3,(H,26,27)(H2,25,29,30). The highest BCUT2D eigenvalue weighted by Gasteiger charge is 2.19. The second-order valence-corrected chi connectivity index (χ2v) is 9.65. The maximum Gasteiger partial charge on any atom is 0.241 e. The number of hydrogen-bond donors (Lipinski definition) is 3. The van der Waals surface area contributed by atoms with Crippen LogP contribution in [0, 0.1) is 0 Å². The van der Waals surface area contributed by atoms with Gasteiger partial charge in [0.25, 0.3) is 0 Å². The number of carbonyl (C=O) groups excluding carboxylic acids is 1. The average Bonchev–Trinajstić information content (AvgIpc) is 2.70. The van der Waals surface area contributed by atoms with E-state index >= 15 is 0 Å². The molecule has 3 aromatic carbocycles. The normalized spacial score (nSPS) is 11.8. The second kappa shape index (κ2) is 9.30. The Labute approximate surface area is 191 Å². The van der Waals surface area contributed by atoms with Crippen LogP contribution in [0.15, 0.2) is 71.6 Å². The Hall–Kier alpha value is -2.91. The van der Waals surface area contributed by atoms with Crippen molar-refractivity contribution in [3.8, 4) is 11.5 Å². The molecule has 0 aliphatic carbocycles. The fraction of sp³-hybridized carbons (Fsp3) is 0.174. The van der Waals surface area contributed by atoms with Gasteiger partial charge in [0.15, 0.2) is 0 Å². The third-order valence-corrected chi connectivity index (χ3v) is 5.93. The minimum Gasteiger partial charge on any atom is -0.456 e. The number of halogens is 1. The summed E-state index contributed by atoms with van der Waals surface area (Å²) >= 11 is 6.08. The zero-order chi connectivity index (χ0) is 23.5. The van der Waals surface area contributed by atoms with Crippen molar-refractivity contribution in [2.45, 2.75) is 30.8 Å². The summed E-state index contributed by atoms with van der Waals surface area (Å²) in [5, 5.41) is 18.5. The molecule has 1 amide bonds. The molecule has 9 heteroatoms. The Morgan fingerprint density at radius 2 is 1.75 bits per heavy atom. The maximum atomic E-state index is 12.4. The number of carbonyl (C=O) groups is 1. The molecule has 0 unspecified atom stereocenters. The molecular formula is C23H23ClN2O5S. The number of rotatable bonds is 7. The van der Waals surface area contributed by atoms with Crippen molar-refractivity contribution < 1.29 is 23.1 Å². The van der Waals surface area contributed by atoms with Crippen LogP contribution in [0.4, 0.5) is 5.69 Å². The van der Waals surface area contributed by atoms with Gasteiger partial charge in [-0.15, -0.1) is 0 Å². The molecule has 0 heterocycles. The molecule has 0 atom stereocenters. The Morgan fingerprint density at radius 3 is 2.34 bits per heavy atom. The quantitative estimate of drug-likeness (QED) is 0.474. The Balaban J connectivity index is 1.82. The van der Waals surface area contributed by atoms with Crippen LogP contribution < -0.4 is 15.2 Å². The van der Waals surface area contributed by atoms with Crippen LogP contribution in [0.1, 0.15) is 25.0 Å². The van der Waals surface area contributed by atoms with Crippen molar-refractivity contribution in [3.05, 3.63) is 82.9 Å². The molecule has 4 N–H and O–H groups in total. The molecule has 3 rings (SSSR count). The van der Waals surface area contributed by atoms with Gasteiger partial charge in [-0.05, 0) is 61.4 Å². The number of primary sulfonamides is 1. The van der Waals surface area contributed by atoms with Crippen LogP contribution >= 0.6 is 11.6 Å². The third kappa shape index (κ3) is 6.08. The average molecular weight is 475 g/mol. The van der Waals surface area contributed by atoms with Gasteiger partial charge in [0.05, 0.1) is 12.0 Å². The summed E-state index contributed by atoms with van der Waals surface area (Å²) in [6.45, 7) is 3.31. The summed E-state index contributed by atoms with van der Waals surface area (Å²) in [6.07, 6.45) is 0.0240. The topological polar surface area (TPSA) is 119 Å². The van der Waals surface area contributed by atoms with E-state index in [9.17, 15) is 18.3 Å². The number of nitrogens with one attached hydrogen (secondary N) is 1. The van der Waals surface area contributed by atoms with Crippen LogP contribution in [-0.2, 0) is 26.8 Å². The molecule has 168 valence electrons. The molecule has 0 aromatic heterocycles. The van der Waals surface area contributed by atoms with Gasteiger partial charge >= 0.3 is 0 Å². The molecule has 0 aliphatic heterocycles. The summed E-state index contributed by atoms with van der Waals surface area (Å²) in [6, 6.07) is 17.7. The lowest BCUT2D eigenvalue weighted by Gasteiger charge is -2.18. The maximum absolute atomic E-state index is 12.4. The first-order chi connectivity index (χ1) is 14.9. The van der Waals surface area contributed by atoms with E-state index in [1.54, 1.807) is 62.4 Å². The molecule has 32 heavy (non-hydrogen) atoms. The van der Waals surface area contributed by atoms with Crippen LogP contribution in [0.25, 0.3) is 0 Å². The first kappa shape index (κ1) is 23.7. The zero-order valence-corrected chi connectivity index (χ0v) is 19.1. The largest absolute Gasteiger partial charge is 0.456 e. The van der Waals surface area contributed by atoms with Crippen LogP contribution in [0.5, 0.6) is 11.5 Å². The van der Waals surface area contributed by atoms with Gasteiger partial charge in [0.2, 0.25) is 15.9 Å². The Morgan fingerprint density at radius 1 is 1.09 bits per heavy atom. The van der Waals surface area contributed by atoms with Gasteiger partial charge in [-0.3, -0.25) is 4.79 Å². The number of benzene rings is 3. The molecule has 0 radical (unpaired) electrons. The predicted molar refractivity (Wildman–Crippen MR) is 123 cm³/mol. The number of sulfonamides is 1. The van der Waals surface area contributed by atoms with Gasteiger partial charge in [0, 0.05) is 10.7 Å². The van der Waals surface area contributed by atoms with Gasteiger partial charge in [-0.25, -0.2) is 13.6 Å². The molecule has 0 aliphatic rings. The van der Waals surface area contributed by atoms with Crippen molar-refractivity contribution in [1.82, 2.24) is 0 Å². The Kier molecular flexibility index (Phi) is 6.90. The van der Waals surface area contributed by atoms with E-state index < -0.39 is 15.6 Å². The second-order valence-electron chi connectivity index (χ2n) is 7.71. The highest BCUT2D eigenvalue weighted by molar-refractivity contribution is 7.89. The fourth-order valence-electron chi connectivity index (χ4n) is 2.97. The summed E-state index contributed by atoms with van der Waals surface area (Å²) in [7, 11) is -4.15. The molecule has 0 saturated heterocycles. The van der Waals surface area contributed by atoms with E-state index in [4.69, 9.17) is 21.5 Å². The number of amides is 1. The summed E-state index contributed by atoms with van der Waals surface area (Å²) < 4.78 is 30.0. The van der Waals surface area contributed by atoms with Gasteiger partial charge in [0.1, 0.15) is 16.4 Å². The van der Waals surface area contributed by atoms with Gasteiger partial charge in [-0.2, -0.15) is 0 Å². The summed E-state index contributed by atoms with van der Waals surface area (Å²) in [5.41, 5.74) is 0.547. The summed E-state index contributed by atoms with van der Waals surface area (Å²) in [5.74, 6) is 0.000334. The third-order valence-electron chi connectivity index (χ3n) is 4.63. The van der Waals surface area contributed by atoms with E-state index in [2.05, 4.69) is 5.32 Å². The van der Waals surface area contributed by atoms with Crippen LogP contribution in [0.2, 0.25) is 5.02 Å². The van der Waals surface area contributed by atoms with Crippen LogP contribution in [-0.4, -0.2) is 19.4 Å². The first-order valence-corrected chi connectivity index (χ1v) is 11.6. The van der Waals surface area contributed by atoms with Crippen molar-refractivity contribution in [3.63, 3.8) is 0 Å². The fourth-order valence-corrected chi connectivity index (χ4v) is 3.85. The van der Waals surface area contributed by atoms with E-state index in [0.717, 1.165) is 0 Å². The van der Waals surface area contributed by atoms with E-state index in [-0.39, 0.29) is 28.7 Å². The van der Waals surface area contributed by atoms with E-state index in [1.165, 1.54) is 18.2 Å². The zero-order valence-electron chi connectivity index (χ0n) is 17.5. The number of nitrogens with two attached hydrogens (primary N) is 1. The summed E-state index contributed by atoms with van der Waals surface area (Å²) in [4.78, 5) is 12.1. The number of ether oxygens (including phenoxy) is 1. The van der Waals surface area contributed by atoms with Gasteiger partial charge < -0.3 is 15.2 Å². The predicted octanol–water partition coefficient (Wildman–Crippen LogP) is 4.19. The molecule has 0 saturated carbocycles. The van der Waals surface area contributed by atoms with Crippen molar-refractivity contribution in [2.75, 3.05) is 5.32 Å². The highest BCUT2D eigenvalue weighted by atomic mass is 35.5. The number of aliphatic hydroxyl groups is 1. The minimum atomic E-state index is -4.15. The minimum absolute atomic E-state index is 0.00705. The molecule has 0 bridgehead atoms. The SMILES string of the molecule is CC(C)(O)c1ccc(Oc2ccc(NC(=O)Cc3ccccc3Cl)cc2S(N)(=O)=O)cc1. The first-order valence-electron chi connectivity index (χ1n) is 9.64. The van der Waals surface area contributed by atoms with Crippen molar-refractivity contribution in [1.29, 1.82) is 0 Å². The lowest BCUT2D eigenvalue weighted by atomic mass is 9.99. The smallest absolute Gasteiger partial charge is 0.241 e. The lowest BCUT2D eigenvalue weighted by Crippen LogP contribution is -2.17. The Bertz CT molecular complexity index is 1240. The number of hydrogen-bond acceptors (Lipinski definition) is 5. The molecule has 7 nitrogen and oxygen atoms in total. The van der Waals surface area contributed by atoms with Crippen molar-refractivity contribution >= 4 is 33.2 Å². The molecule has 0 fully saturated rings. The van der Waals surface area contributed by atoms with Crippen molar-refractivity contribution in [2.24, 2.45) is 5.14 Å². The molecule has 0 spiro atoms. The monoisotopic (exact) mass is 474 g/mol. The number of anilines is 1. The molecular weight excluding hydrogens is 452 g/mol. The van der Waals surface area contributed by atoms with E-state index in [1.807, 2.05) is 0 Å². The highest BCUT2D eigenvalue weighted by Crippen LogP contribution is 2.32. The lowest BCUT2D eigenvalue weighted by molar-refractivity contribution is -0.115. The molecule has 3 aromatic rings.